The number of esters is 1. The van der Waals surface area contributed by atoms with Crippen molar-refractivity contribution in [1.29, 1.82) is 0 Å². The van der Waals surface area contributed by atoms with Crippen LogP contribution in [0.1, 0.15) is 58.8 Å². The van der Waals surface area contributed by atoms with Gasteiger partial charge in [-0.15, -0.1) is 0 Å². The molecule has 2 nitrogen and oxygen atoms in total. The van der Waals surface area contributed by atoms with E-state index in [0.29, 0.717) is 12.8 Å². The van der Waals surface area contributed by atoms with Gasteiger partial charge >= 0.3 is 5.97 Å². The van der Waals surface area contributed by atoms with Crippen molar-refractivity contribution in [3.8, 4) is 35.5 Å². The van der Waals surface area contributed by atoms with Gasteiger partial charge in [-0.3, -0.25) is 4.79 Å². The fourth-order valence-electron chi connectivity index (χ4n) is 1.60. The molecule has 0 aromatic heterocycles. The first-order valence-corrected chi connectivity index (χ1v) is 9.15. The highest BCUT2D eigenvalue weighted by atomic mass is 79.9. The van der Waals surface area contributed by atoms with E-state index >= 15 is 0 Å². The molecule has 0 unspecified atom stereocenters. The zero-order valence-electron chi connectivity index (χ0n) is 14.5. The Morgan fingerprint density at radius 3 is 2.38 bits per heavy atom. The zero-order chi connectivity index (χ0) is 17.9. The van der Waals surface area contributed by atoms with Gasteiger partial charge in [0.1, 0.15) is 0 Å². The van der Waals surface area contributed by atoms with Gasteiger partial charge in [-0.05, 0) is 68.5 Å². The minimum atomic E-state index is -0.155. The van der Waals surface area contributed by atoms with Crippen LogP contribution in [-0.2, 0) is 9.53 Å². The first-order valence-electron chi connectivity index (χ1n) is 8.23. The number of carbonyl (C=O) groups is 1. The Bertz CT molecular complexity index is 581. The summed E-state index contributed by atoms with van der Waals surface area (Å²) in [4.78, 5) is 13.0. The Kier molecular flexibility index (Phi) is 16.1. The summed E-state index contributed by atoms with van der Waals surface area (Å²) in [6.07, 6.45) is 11.5. The second-order valence-electron chi connectivity index (χ2n) is 5.23. The van der Waals surface area contributed by atoms with E-state index in [-0.39, 0.29) is 12.1 Å². The van der Waals surface area contributed by atoms with Crippen molar-refractivity contribution in [3.05, 3.63) is 23.2 Å². The fraction of sp³-hybridized carbons (Fsp3) is 0.476. The van der Waals surface area contributed by atoms with Crippen LogP contribution in [-0.4, -0.2) is 12.1 Å². The molecule has 0 aliphatic rings. The average molecular weight is 389 g/mol. The van der Waals surface area contributed by atoms with Gasteiger partial charge in [-0.1, -0.05) is 45.7 Å². The van der Waals surface area contributed by atoms with E-state index in [9.17, 15) is 4.79 Å². The standard InChI is InChI=1S/C21H25BrO2/c1-20(2)24-21(23)18-16-14-12-10-8-6-4-3-5-7-9-11-13-15-17-19-22/h9,11,17,19-20H,3-5,7,14,16,18H2,1-2H3/b11-9+,19-17+. The third-order valence-electron chi connectivity index (χ3n) is 2.64. The number of halogens is 1. The van der Waals surface area contributed by atoms with Crippen LogP contribution in [0.15, 0.2) is 23.2 Å². The predicted molar refractivity (Wildman–Crippen MR) is 104 cm³/mol. The van der Waals surface area contributed by atoms with Gasteiger partial charge < -0.3 is 4.74 Å². The minimum Gasteiger partial charge on any atom is -0.463 e. The van der Waals surface area contributed by atoms with Crippen molar-refractivity contribution >= 4 is 21.9 Å². The van der Waals surface area contributed by atoms with E-state index in [2.05, 4.69) is 57.5 Å². The molecule has 0 fully saturated rings. The van der Waals surface area contributed by atoms with Gasteiger partial charge in [0, 0.05) is 19.3 Å². The fourth-order valence-corrected chi connectivity index (χ4v) is 1.73. The Balaban J connectivity index is 3.59. The molecule has 0 rings (SSSR count). The van der Waals surface area contributed by atoms with Crippen LogP contribution in [0.4, 0.5) is 0 Å². The van der Waals surface area contributed by atoms with Crippen LogP contribution < -0.4 is 0 Å². The smallest absolute Gasteiger partial charge is 0.306 e. The average Bonchev–Trinajstić information content (AvgIpc) is 2.53. The lowest BCUT2D eigenvalue weighted by Gasteiger charge is -2.06. The van der Waals surface area contributed by atoms with Gasteiger partial charge in [0.25, 0.3) is 0 Å². The molecule has 0 aromatic rings. The Labute approximate surface area is 155 Å². The number of hydrogen-bond donors (Lipinski definition) is 0. The lowest BCUT2D eigenvalue weighted by Crippen LogP contribution is -2.10. The Hall–Kier alpha value is -1.89. The molecule has 0 radical (unpaired) electrons. The normalized spacial score (nSPS) is 9.83. The maximum Gasteiger partial charge on any atom is 0.306 e. The van der Waals surface area contributed by atoms with Crippen LogP contribution in [0.5, 0.6) is 0 Å². The van der Waals surface area contributed by atoms with Crippen molar-refractivity contribution in [2.45, 2.75) is 64.9 Å². The largest absolute Gasteiger partial charge is 0.463 e. The van der Waals surface area contributed by atoms with E-state index in [4.69, 9.17) is 4.74 Å². The topological polar surface area (TPSA) is 26.3 Å². The number of unbranched alkanes of at least 4 members (excludes halogenated alkanes) is 4. The second-order valence-corrected chi connectivity index (χ2v) is 5.75. The van der Waals surface area contributed by atoms with Crippen molar-refractivity contribution < 1.29 is 9.53 Å². The molecule has 0 aliphatic heterocycles. The van der Waals surface area contributed by atoms with E-state index in [0.717, 1.165) is 32.1 Å². The molecule has 128 valence electrons. The molecular formula is C21H25BrO2. The Morgan fingerprint density at radius 1 is 1.04 bits per heavy atom. The molecule has 0 heterocycles. The number of hydrogen-bond acceptors (Lipinski definition) is 2. The molecular weight excluding hydrogens is 364 g/mol. The van der Waals surface area contributed by atoms with Crippen molar-refractivity contribution in [2.24, 2.45) is 0 Å². The zero-order valence-corrected chi connectivity index (χ0v) is 16.1. The molecule has 0 spiro atoms. The number of ether oxygens (including phenoxy) is 1. The molecule has 0 aromatic carbocycles. The number of rotatable bonds is 8. The van der Waals surface area contributed by atoms with Gasteiger partial charge in [-0.25, -0.2) is 0 Å². The molecule has 0 atom stereocenters. The lowest BCUT2D eigenvalue weighted by molar-refractivity contribution is -0.147. The van der Waals surface area contributed by atoms with E-state index in [1.54, 1.807) is 11.1 Å². The van der Waals surface area contributed by atoms with Gasteiger partial charge in [-0.2, -0.15) is 0 Å². The summed E-state index contributed by atoms with van der Waals surface area (Å²) >= 11 is 3.16. The Morgan fingerprint density at radius 2 is 1.71 bits per heavy atom. The van der Waals surface area contributed by atoms with E-state index in [1.807, 2.05) is 19.9 Å². The molecule has 0 amide bonds. The summed E-state index contributed by atoms with van der Waals surface area (Å²) in [5, 5.41) is 0. The highest BCUT2D eigenvalue weighted by Crippen LogP contribution is 2.00. The SMILES string of the molecule is CC(C)OC(=O)CCCC#CC#CCCCC/C=C/C#C/C=C/Br. The van der Waals surface area contributed by atoms with Crippen LogP contribution >= 0.6 is 15.9 Å². The summed E-state index contributed by atoms with van der Waals surface area (Å²) in [6, 6.07) is 0. The van der Waals surface area contributed by atoms with Gasteiger partial charge in [0.15, 0.2) is 0 Å². The first kappa shape index (κ1) is 22.1. The molecule has 0 N–H and O–H groups in total. The first-order chi connectivity index (χ1) is 11.7. The third-order valence-corrected chi connectivity index (χ3v) is 2.91. The summed E-state index contributed by atoms with van der Waals surface area (Å²) in [7, 11) is 0. The highest BCUT2D eigenvalue weighted by molar-refractivity contribution is 9.11. The van der Waals surface area contributed by atoms with Crippen LogP contribution in [0, 0.1) is 35.5 Å². The molecule has 3 heteroatoms. The van der Waals surface area contributed by atoms with Gasteiger partial charge in [0.05, 0.1) is 6.10 Å². The lowest BCUT2D eigenvalue weighted by atomic mass is 10.2. The van der Waals surface area contributed by atoms with E-state index < -0.39 is 0 Å². The summed E-state index contributed by atoms with van der Waals surface area (Å²) in [5.41, 5.74) is 0. The molecule has 0 saturated carbocycles. The predicted octanol–water partition coefficient (Wildman–Crippen LogP) is 5.14. The molecule has 0 bridgehead atoms. The van der Waals surface area contributed by atoms with Crippen LogP contribution in [0.3, 0.4) is 0 Å². The quantitative estimate of drug-likeness (QED) is 0.326. The van der Waals surface area contributed by atoms with Crippen molar-refractivity contribution in [2.75, 3.05) is 0 Å². The number of carbonyl (C=O) groups excluding carboxylic acids is 1. The minimum absolute atomic E-state index is 0.0470. The van der Waals surface area contributed by atoms with Crippen molar-refractivity contribution in [3.63, 3.8) is 0 Å². The summed E-state index contributed by atoms with van der Waals surface area (Å²) in [5.74, 6) is 17.3. The third kappa shape index (κ3) is 18.2. The maximum absolute atomic E-state index is 11.3. The second kappa shape index (κ2) is 17.5. The molecule has 24 heavy (non-hydrogen) atoms. The van der Waals surface area contributed by atoms with Crippen molar-refractivity contribution in [1.82, 2.24) is 0 Å². The summed E-state index contributed by atoms with van der Waals surface area (Å²) in [6.45, 7) is 3.70. The molecule has 0 saturated heterocycles. The highest BCUT2D eigenvalue weighted by Gasteiger charge is 2.03. The van der Waals surface area contributed by atoms with Gasteiger partial charge in [0.2, 0.25) is 0 Å². The van der Waals surface area contributed by atoms with Crippen LogP contribution in [0.2, 0.25) is 0 Å². The van der Waals surface area contributed by atoms with E-state index in [1.165, 1.54) is 0 Å². The van der Waals surface area contributed by atoms with Crippen LogP contribution in [0.25, 0.3) is 0 Å². The number of allylic oxidation sites excluding steroid dienone is 3. The monoisotopic (exact) mass is 388 g/mol. The maximum atomic E-state index is 11.3. The summed E-state index contributed by atoms with van der Waals surface area (Å²) < 4.78 is 5.04. The molecule has 0 aliphatic carbocycles.